The quantitative estimate of drug-likeness (QED) is 0.0805. The molecule has 232 valence electrons. The van der Waals surface area contributed by atoms with Gasteiger partial charge in [0.15, 0.2) is 5.43 Å². The monoisotopic (exact) mass is 655 g/mol. The zero-order chi connectivity index (χ0) is 33.1. The lowest BCUT2D eigenvalue weighted by Gasteiger charge is -2.44. The number of rotatable bonds is 2. The molecule has 0 N–H and O–H groups in total. The highest BCUT2D eigenvalue weighted by Crippen LogP contribution is 2.44. The van der Waals surface area contributed by atoms with Gasteiger partial charge in [0.25, 0.3) is 6.71 Å². The van der Waals surface area contributed by atoms with Crippen molar-refractivity contribution in [2.45, 2.75) is 0 Å². The van der Waals surface area contributed by atoms with E-state index in [9.17, 15) is 0 Å². The molecule has 0 amide bonds. The molecule has 2 aromatic heterocycles. The van der Waals surface area contributed by atoms with E-state index in [0.717, 1.165) is 76.8 Å². The summed E-state index contributed by atoms with van der Waals surface area (Å²) in [4.78, 5) is 20.0. The van der Waals surface area contributed by atoms with Crippen molar-refractivity contribution in [3.05, 3.63) is 172 Å². The number of anilines is 6. The van der Waals surface area contributed by atoms with Crippen LogP contribution >= 0.6 is 12.2 Å². The van der Waals surface area contributed by atoms with E-state index in [-0.39, 0.29) is 12.1 Å². The molecule has 0 atom stereocenters. The maximum atomic E-state index is 15.3. The molecule has 0 saturated carbocycles. The van der Waals surface area contributed by atoms with Crippen molar-refractivity contribution in [3.63, 3.8) is 0 Å². The van der Waals surface area contributed by atoms with Crippen LogP contribution in [-0.2, 0) is 0 Å². The Morgan fingerprint density at radius 2 is 1.02 bits per heavy atom. The summed E-state index contributed by atoms with van der Waals surface area (Å²) in [5, 5.41) is 3.35. The van der Waals surface area contributed by atoms with Gasteiger partial charge in [-0.2, -0.15) is 0 Å². The minimum Gasteiger partial charge on any atom is -0.311 e. The van der Waals surface area contributed by atoms with E-state index < -0.39 is 0 Å². The molecular formula is C44H26BN3OS. The van der Waals surface area contributed by atoms with Crippen molar-refractivity contribution in [2.24, 2.45) is 0 Å². The molecule has 11 rings (SSSR count). The van der Waals surface area contributed by atoms with Crippen LogP contribution in [0.5, 0.6) is 0 Å². The van der Waals surface area contributed by atoms with Gasteiger partial charge in [-0.25, -0.2) is 0 Å². The average Bonchev–Trinajstić information content (AvgIpc) is 3.18. The predicted octanol–water partition coefficient (Wildman–Crippen LogP) is 9.01. The highest BCUT2D eigenvalue weighted by molar-refractivity contribution is 7.72. The van der Waals surface area contributed by atoms with E-state index in [4.69, 9.17) is 12.2 Å². The van der Waals surface area contributed by atoms with Crippen LogP contribution in [0.2, 0.25) is 0 Å². The SMILES string of the molecule is O=c1c2cccc3c(=S)c4ccccc4n(c4ccc5c(c14)B1c4ccccc4N(c4ccccc4)c4cccc(c41)N5c1ccccc1)c32. The highest BCUT2D eigenvalue weighted by Gasteiger charge is 2.44. The Morgan fingerprint density at radius 3 is 1.78 bits per heavy atom. The van der Waals surface area contributed by atoms with Crippen LogP contribution in [0.4, 0.5) is 34.1 Å². The van der Waals surface area contributed by atoms with E-state index in [1.807, 2.05) is 24.3 Å². The molecule has 0 saturated heterocycles. The topological polar surface area (TPSA) is 28.0 Å². The van der Waals surface area contributed by atoms with E-state index in [1.165, 1.54) is 10.9 Å². The van der Waals surface area contributed by atoms with Gasteiger partial charge in [-0.15, -0.1) is 0 Å². The predicted molar refractivity (Wildman–Crippen MR) is 212 cm³/mol. The van der Waals surface area contributed by atoms with Gasteiger partial charge < -0.3 is 14.2 Å². The molecule has 4 nitrogen and oxygen atoms in total. The third-order valence-electron chi connectivity index (χ3n) is 10.7. The second kappa shape index (κ2) is 10.1. The van der Waals surface area contributed by atoms with E-state index in [2.05, 4.69) is 148 Å². The lowest BCUT2D eigenvalue weighted by atomic mass is 9.33. The van der Waals surface area contributed by atoms with Crippen LogP contribution in [0.25, 0.3) is 38.1 Å². The van der Waals surface area contributed by atoms with Crippen LogP contribution in [-0.4, -0.2) is 11.1 Å². The summed E-state index contributed by atoms with van der Waals surface area (Å²) >= 11 is 6.05. The first-order chi connectivity index (χ1) is 24.7. The third-order valence-corrected chi connectivity index (χ3v) is 11.1. The summed E-state index contributed by atoms with van der Waals surface area (Å²) in [6.45, 7) is -0.183. The third kappa shape index (κ3) is 3.50. The number of aromatic nitrogens is 1. The van der Waals surface area contributed by atoms with Gasteiger partial charge in [-0.05, 0) is 83.1 Å². The van der Waals surface area contributed by atoms with Crippen molar-refractivity contribution in [1.82, 2.24) is 4.40 Å². The fourth-order valence-electron chi connectivity index (χ4n) is 8.76. The van der Waals surface area contributed by atoms with Gasteiger partial charge >= 0.3 is 0 Å². The number of pyridine rings is 2. The van der Waals surface area contributed by atoms with E-state index in [1.54, 1.807) is 0 Å². The standard InChI is InChI=1S/C44H26BN3OS/c49-43-30-18-11-19-31-42(30)48(33-21-9-7-17-29(33)44(31)50)35-25-26-38-41(39(35)43)45-32-20-8-10-22-34(32)46(27-13-3-1-4-14-27)36-23-12-24-37(40(36)45)47(38)28-15-5-2-6-16-28/h1-26H. The van der Waals surface area contributed by atoms with Crippen LogP contribution < -0.4 is 31.6 Å². The first kappa shape index (κ1) is 27.7. The lowest BCUT2D eigenvalue weighted by Crippen LogP contribution is -2.62. The highest BCUT2D eigenvalue weighted by atomic mass is 32.1. The molecule has 0 unspecified atom stereocenters. The van der Waals surface area contributed by atoms with Gasteiger partial charge in [0.2, 0.25) is 0 Å². The van der Waals surface area contributed by atoms with Gasteiger partial charge in [0.1, 0.15) is 0 Å². The lowest BCUT2D eigenvalue weighted by molar-refractivity contribution is 1.25. The van der Waals surface area contributed by atoms with Crippen molar-refractivity contribution >= 4 is 108 Å². The molecule has 2 aliphatic heterocycles. The summed E-state index contributed by atoms with van der Waals surface area (Å²) in [6, 6.07) is 55.1. The Morgan fingerprint density at radius 1 is 0.460 bits per heavy atom. The molecule has 50 heavy (non-hydrogen) atoms. The van der Waals surface area contributed by atoms with Gasteiger partial charge in [-0.3, -0.25) is 4.79 Å². The Balaban J connectivity index is 1.37. The fraction of sp³-hybridized carbons (Fsp3) is 0. The zero-order valence-electron chi connectivity index (χ0n) is 26.7. The Hall–Kier alpha value is -6.24. The molecule has 0 radical (unpaired) electrons. The Bertz CT molecular complexity index is 2990. The van der Waals surface area contributed by atoms with Gasteiger partial charge in [-0.1, -0.05) is 103 Å². The number of hydrogen-bond acceptors (Lipinski definition) is 4. The second-order valence-electron chi connectivity index (χ2n) is 13.1. The summed E-state index contributed by atoms with van der Waals surface area (Å²) in [7, 11) is 0. The summed E-state index contributed by atoms with van der Waals surface area (Å²) in [6.07, 6.45) is 0. The zero-order valence-corrected chi connectivity index (χ0v) is 27.6. The molecule has 6 heteroatoms. The Labute approximate surface area is 293 Å². The summed E-state index contributed by atoms with van der Waals surface area (Å²) in [5.41, 5.74) is 12.7. The number of hydrogen-bond donors (Lipinski definition) is 0. The summed E-state index contributed by atoms with van der Waals surface area (Å²) in [5.74, 6) is 0. The molecule has 0 spiro atoms. The minimum absolute atomic E-state index is 0.0315. The molecule has 9 aromatic rings. The smallest absolute Gasteiger partial charge is 0.253 e. The molecule has 7 aromatic carbocycles. The number of fused-ring (bicyclic) bond motifs is 9. The molecule has 0 aliphatic carbocycles. The maximum absolute atomic E-state index is 15.3. The number of para-hydroxylation sites is 5. The molecular weight excluding hydrogens is 629 g/mol. The van der Waals surface area contributed by atoms with Crippen molar-refractivity contribution < 1.29 is 0 Å². The largest absolute Gasteiger partial charge is 0.311 e. The van der Waals surface area contributed by atoms with Gasteiger partial charge in [0, 0.05) is 55.7 Å². The van der Waals surface area contributed by atoms with Crippen molar-refractivity contribution in [3.8, 4) is 0 Å². The van der Waals surface area contributed by atoms with Gasteiger partial charge in [0.05, 0.1) is 21.1 Å². The van der Waals surface area contributed by atoms with Crippen molar-refractivity contribution in [1.29, 1.82) is 0 Å². The van der Waals surface area contributed by atoms with Crippen LogP contribution in [0.1, 0.15) is 0 Å². The normalized spacial score (nSPS) is 13.2. The van der Waals surface area contributed by atoms with Crippen LogP contribution in [0.15, 0.2) is 163 Å². The first-order valence-electron chi connectivity index (χ1n) is 16.9. The molecule has 0 fully saturated rings. The van der Waals surface area contributed by atoms with Crippen LogP contribution in [0, 0.1) is 4.51 Å². The van der Waals surface area contributed by atoms with E-state index >= 15 is 4.79 Å². The first-order valence-corrected chi connectivity index (χ1v) is 17.3. The minimum atomic E-state index is -0.183. The van der Waals surface area contributed by atoms with E-state index in [0.29, 0.717) is 5.39 Å². The fourth-order valence-corrected chi connectivity index (χ4v) is 9.10. The van der Waals surface area contributed by atoms with Crippen molar-refractivity contribution in [2.75, 3.05) is 9.80 Å². The number of benzene rings is 7. The molecule has 2 aliphatic rings. The average molecular weight is 656 g/mol. The maximum Gasteiger partial charge on any atom is 0.253 e. The second-order valence-corrected chi connectivity index (χ2v) is 13.6. The molecule has 4 heterocycles. The summed E-state index contributed by atoms with van der Waals surface area (Å²) < 4.78 is 3.06. The van der Waals surface area contributed by atoms with Crippen LogP contribution in [0.3, 0.4) is 0 Å². The molecule has 0 bridgehead atoms. The Kier molecular flexibility index (Phi) is 5.62. The number of nitrogens with zero attached hydrogens (tertiary/aromatic N) is 3.